The van der Waals surface area contributed by atoms with E-state index in [9.17, 15) is 9.59 Å². The molecule has 0 spiro atoms. The molecular weight excluding hydrogens is 296 g/mol. The predicted molar refractivity (Wildman–Crippen MR) is 85.5 cm³/mol. The molecule has 0 aliphatic heterocycles. The summed E-state index contributed by atoms with van der Waals surface area (Å²) in [5.41, 5.74) is 2.77. The van der Waals surface area contributed by atoms with E-state index in [1.807, 2.05) is 32.0 Å². The van der Waals surface area contributed by atoms with Gasteiger partial charge >= 0.3 is 5.97 Å². The van der Waals surface area contributed by atoms with Gasteiger partial charge in [-0.1, -0.05) is 37.3 Å². The van der Waals surface area contributed by atoms with Crippen molar-refractivity contribution in [2.45, 2.75) is 39.7 Å². The predicted octanol–water partition coefficient (Wildman–Crippen LogP) is 2.30. The lowest BCUT2D eigenvalue weighted by atomic mass is 10.0. The summed E-state index contributed by atoms with van der Waals surface area (Å²) >= 11 is 0. The van der Waals surface area contributed by atoms with Gasteiger partial charge in [0, 0.05) is 5.69 Å². The Bertz CT molecular complexity index is 702. The van der Waals surface area contributed by atoms with Gasteiger partial charge in [0.2, 0.25) is 5.91 Å². The number of nitrogens with one attached hydrogen (secondary N) is 1. The third kappa shape index (κ3) is 3.56. The number of aryl methyl sites for hydroxylation is 2. The maximum absolute atomic E-state index is 12.5. The second-order valence-electron chi connectivity index (χ2n) is 5.21. The van der Waals surface area contributed by atoms with E-state index in [0.717, 1.165) is 29.7 Å². The normalized spacial score (nSPS) is 12.0. The molecule has 1 unspecified atom stereocenters. The number of carboxylic acid groups (broad SMARTS) is 1. The standard InChI is InChI=1S/C16H20N4O3/c1-4-11-7-6-8-12(5-2)14(11)17-15(21)10(3)20-9-13(16(22)23)18-19-20/h6-10H,4-5H2,1-3H3,(H,17,21)(H,22,23). The maximum Gasteiger partial charge on any atom is 0.358 e. The lowest BCUT2D eigenvalue weighted by Gasteiger charge is -2.17. The number of carbonyl (C=O) groups excluding carboxylic acids is 1. The van der Waals surface area contributed by atoms with Crippen molar-refractivity contribution in [3.05, 3.63) is 41.2 Å². The average molecular weight is 316 g/mol. The quantitative estimate of drug-likeness (QED) is 0.852. The first-order valence-corrected chi connectivity index (χ1v) is 7.54. The molecule has 7 heteroatoms. The molecule has 1 amide bonds. The Morgan fingerprint density at radius 3 is 2.35 bits per heavy atom. The highest BCUT2D eigenvalue weighted by molar-refractivity contribution is 5.95. The third-order valence-corrected chi connectivity index (χ3v) is 3.75. The molecule has 0 saturated carbocycles. The number of aromatic nitrogens is 3. The molecule has 1 aromatic heterocycles. The Morgan fingerprint density at radius 1 is 1.26 bits per heavy atom. The molecule has 0 radical (unpaired) electrons. The van der Waals surface area contributed by atoms with E-state index in [1.54, 1.807) is 6.92 Å². The van der Waals surface area contributed by atoms with E-state index in [2.05, 4.69) is 15.6 Å². The summed E-state index contributed by atoms with van der Waals surface area (Å²) in [7, 11) is 0. The zero-order valence-electron chi connectivity index (χ0n) is 13.4. The van der Waals surface area contributed by atoms with Crippen molar-refractivity contribution >= 4 is 17.6 Å². The van der Waals surface area contributed by atoms with E-state index in [1.165, 1.54) is 10.9 Å². The maximum atomic E-state index is 12.5. The van der Waals surface area contributed by atoms with Crippen LogP contribution in [0.2, 0.25) is 0 Å². The van der Waals surface area contributed by atoms with Gasteiger partial charge < -0.3 is 10.4 Å². The number of amides is 1. The summed E-state index contributed by atoms with van der Waals surface area (Å²) in [5, 5.41) is 19.1. The molecule has 23 heavy (non-hydrogen) atoms. The molecule has 0 aliphatic rings. The van der Waals surface area contributed by atoms with Crippen molar-refractivity contribution in [2.75, 3.05) is 5.32 Å². The molecule has 1 atom stereocenters. The minimum absolute atomic E-state index is 0.187. The van der Waals surface area contributed by atoms with Crippen molar-refractivity contribution in [1.82, 2.24) is 15.0 Å². The molecular formula is C16H20N4O3. The van der Waals surface area contributed by atoms with Crippen molar-refractivity contribution in [1.29, 1.82) is 0 Å². The van der Waals surface area contributed by atoms with Gasteiger partial charge in [0.05, 0.1) is 6.20 Å². The molecule has 1 heterocycles. The van der Waals surface area contributed by atoms with Crippen molar-refractivity contribution in [3.8, 4) is 0 Å². The molecule has 2 rings (SSSR count). The van der Waals surface area contributed by atoms with E-state index in [0.29, 0.717) is 0 Å². The summed E-state index contributed by atoms with van der Waals surface area (Å²) in [6, 6.07) is 5.28. The molecule has 7 nitrogen and oxygen atoms in total. The first-order valence-electron chi connectivity index (χ1n) is 7.54. The fraction of sp³-hybridized carbons (Fsp3) is 0.375. The molecule has 2 N–H and O–H groups in total. The Balaban J connectivity index is 2.22. The van der Waals surface area contributed by atoms with Crippen LogP contribution >= 0.6 is 0 Å². The van der Waals surface area contributed by atoms with E-state index < -0.39 is 12.0 Å². The topological polar surface area (TPSA) is 97.1 Å². The first kappa shape index (κ1) is 16.7. The second kappa shape index (κ2) is 7.04. The number of hydrogen-bond acceptors (Lipinski definition) is 4. The largest absolute Gasteiger partial charge is 0.476 e. The zero-order chi connectivity index (χ0) is 17.0. The van der Waals surface area contributed by atoms with Gasteiger partial charge in [-0.25, -0.2) is 9.48 Å². The van der Waals surface area contributed by atoms with Crippen LogP contribution in [0.25, 0.3) is 0 Å². The van der Waals surface area contributed by atoms with Gasteiger partial charge in [0.1, 0.15) is 6.04 Å². The summed E-state index contributed by atoms with van der Waals surface area (Å²) in [6.45, 7) is 5.71. The Labute approximate surface area is 134 Å². The fourth-order valence-corrected chi connectivity index (χ4v) is 2.31. The SMILES string of the molecule is CCc1cccc(CC)c1NC(=O)C(C)n1cc(C(=O)O)nn1. The van der Waals surface area contributed by atoms with Crippen molar-refractivity contribution in [2.24, 2.45) is 0 Å². The van der Waals surface area contributed by atoms with Gasteiger partial charge in [0.25, 0.3) is 0 Å². The molecule has 0 fully saturated rings. The molecule has 0 saturated heterocycles. The van der Waals surface area contributed by atoms with Crippen LogP contribution in [0.1, 0.15) is 48.4 Å². The Morgan fingerprint density at radius 2 is 1.87 bits per heavy atom. The number of aromatic carboxylic acids is 1. The second-order valence-corrected chi connectivity index (χ2v) is 5.21. The van der Waals surface area contributed by atoms with Crippen LogP contribution in [0.4, 0.5) is 5.69 Å². The summed E-state index contributed by atoms with van der Waals surface area (Å²) < 4.78 is 1.25. The number of para-hydroxylation sites is 1. The summed E-state index contributed by atoms with van der Waals surface area (Å²) in [5.74, 6) is -1.43. The molecule has 0 aliphatic carbocycles. The van der Waals surface area contributed by atoms with Crippen LogP contribution in [0.15, 0.2) is 24.4 Å². The number of benzene rings is 1. The summed E-state index contributed by atoms with van der Waals surface area (Å²) in [4.78, 5) is 23.3. The third-order valence-electron chi connectivity index (χ3n) is 3.75. The van der Waals surface area contributed by atoms with Crippen LogP contribution in [-0.4, -0.2) is 32.0 Å². The van der Waals surface area contributed by atoms with Crippen LogP contribution in [0, 0.1) is 0 Å². The highest BCUT2D eigenvalue weighted by atomic mass is 16.4. The summed E-state index contributed by atoms with van der Waals surface area (Å²) in [6.07, 6.45) is 2.87. The smallest absolute Gasteiger partial charge is 0.358 e. The van der Waals surface area contributed by atoms with Gasteiger partial charge in [-0.3, -0.25) is 4.79 Å². The number of rotatable bonds is 6. The number of anilines is 1. The number of hydrogen-bond donors (Lipinski definition) is 2. The van der Waals surface area contributed by atoms with Gasteiger partial charge in [-0.15, -0.1) is 5.10 Å². The highest BCUT2D eigenvalue weighted by Gasteiger charge is 2.20. The molecule has 2 aromatic rings. The average Bonchev–Trinajstić information content (AvgIpc) is 3.04. The van der Waals surface area contributed by atoms with Crippen LogP contribution < -0.4 is 5.32 Å². The van der Waals surface area contributed by atoms with Crippen LogP contribution in [0.3, 0.4) is 0 Å². The fourth-order valence-electron chi connectivity index (χ4n) is 2.31. The Hall–Kier alpha value is -2.70. The zero-order valence-corrected chi connectivity index (χ0v) is 13.4. The lowest BCUT2D eigenvalue weighted by Crippen LogP contribution is -2.25. The van der Waals surface area contributed by atoms with Crippen molar-refractivity contribution < 1.29 is 14.7 Å². The van der Waals surface area contributed by atoms with Crippen molar-refractivity contribution in [3.63, 3.8) is 0 Å². The molecule has 122 valence electrons. The number of carbonyl (C=O) groups is 2. The highest BCUT2D eigenvalue weighted by Crippen LogP contribution is 2.23. The van der Waals surface area contributed by atoms with E-state index in [-0.39, 0.29) is 11.6 Å². The number of nitrogens with zero attached hydrogens (tertiary/aromatic N) is 3. The lowest BCUT2D eigenvalue weighted by molar-refractivity contribution is -0.119. The van der Waals surface area contributed by atoms with Gasteiger partial charge in [-0.2, -0.15) is 0 Å². The first-order chi connectivity index (χ1) is 11.0. The minimum atomic E-state index is -1.17. The van der Waals surface area contributed by atoms with E-state index in [4.69, 9.17) is 5.11 Å². The van der Waals surface area contributed by atoms with E-state index >= 15 is 0 Å². The minimum Gasteiger partial charge on any atom is -0.476 e. The number of carboxylic acids is 1. The van der Waals surface area contributed by atoms with Crippen LogP contribution in [-0.2, 0) is 17.6 Å². The van der Waals surface area contributed by atoms with Gasteiger partial charge in [-0.05, 0) is 30.9 Å². The van der Waals surface area contributed by atoms with Gasteiger partial charge in [0.15, 0.2) is 5.69 Å². The Kier molecular flexibility index (Phi) is 5.10. The molecule has 1 aromatic carbocycles. The monoisotopic (exact) mass is 316 g/mol. The molecule has 0 bridgehead atoms. The van der Waals surface area contributed by atoms with Crippen LogP contribution in [0.5, 0.6) is 0 Å².